The van der Waals surface area contributed by atoms with E-state index in [4.69, 9.17) is 15.2 Å². The predicted octanol–water partition coefficient (Wildman–Crippen LogP) is 3.91. The summed E-state index contributed by atoms with van der Waals surface area (Å²) in [4.78, 5) is 39.8. The Morgan fingerprint density at radius 2 is 1.44 bits per heavy atom. The van der Waals surface area contributed by atoms with Gasteiger partial charge >= 0.3 is 0 Å². The first-order valence-corrected chi connectivity index (χ1v) is 15.6. The van der Waals surface area contributed by atoms with Crippen molar-refractivity contribution < 1.29 is 19.4 Å². The lowest BCUT2D eigenvalue weighted by atomic mass is 9.75. The van der Waals surface area contributed by atoms with Gasteiger partial charge in [0.2, 0.25) is 6.10 Å². The van der Waals surface area contributed by atoms with Crippen molar-refractivity contribution in [2.24, 2.45) is 5.73 Å². The van der Waals surface area contributed by atoms with Gasteiger partial charge in [0, 0.05) is 13.1 Å². The van der Waals surface area contributed by atoms with E-state index < -0.39 is 35.4 Å². The molecule has 1 aliphatic heterocycles. The summed E-state index contributed by atoms with van der Waals surface area (Å²) in [6.07, 6.45) is -1.21. The van der Waals surface area contributed by atoms with E-state index in [9.17, 15) is 14.7 Å². The summed E-state index contributed by atoms with van der Waals surface area (Å²) in [5, 5.41) is 10.6. The number of morpholine rings is 1. The number of nitrogens with one attached hydrogen (secondary N) is 1. The van der Waals surface area contributed by atoms with Crippen LogP contribution in [0, 0.1) is 0 Å². The van der Waals surface area contributed by atoms with Crippen molar-refractivity contribution in [3.63, 3.8) is 0 Å². The third-order valence-corrected chi connectivity index (χ3v) is 8.67. The number of H-pyrrole nitrogens is 1. The van der Waals surface area contributed by atoms with E-state index in [1.165, 1.54) is 6.33 Å². The number of nitrogens with two attached hydrogens (primary N) is 1. The molecule has 3 atom stereocenters. The summed E-state index contributed by atoms with van der Waals surface area (Å²) in [7, 11) is 0. The van der Waals surface area contributed by atoms with Crippen molar-refractivity contribution in [2.75, 3.05) is 19.7 Å². The summed E-state index contributed by atoms with van der Waals surface area (Å²) in [5.74, 6) is -0.510. The second-order valence-corrected chi connectivity index (χ2v) is 11.6. The molecule has 1 aliphatic rings. The number of benzene rings is 4. The number of aliphatic hydroxyl groups excluding tert-OH is 1. The van der Waals surface area contributed by atoms with Gasteiger partial charge in [-0.25, -0.2) is 9.97 Å². The number of fused-ring (bicyclic) bond motifs is 1. The number of aromatic nitrogens is 4. The molecule has 1 amide bonds. The van der Waals surface area contributed by atoms with E-state index in [0.29, 0.717) is 18.8 Å². The molecule has 3 heterocycles. The van der Waals surface area contributed by atoms with Crippen LogP contribution in [0.2, 0.25) is 0 Å². The minimum atomic E-state index is -1.37. The summed E-state index contributed by atoms with van der Waals surface area (Å²) < 4.78 is 14.0. The zero-order valence-corrected chi connectivity index (χ0v) is 25.9. The number of rotatable bonds is 10. The lowest BCUT2D eigenvalue weighted by molar-refractivity contribution is -0.148. The molecule has 242 valence electrons. The summed E-state index contributed by atoms with van der Waals surface area (Å²) >= 11 is 0. The van der Waals surface area contributed by atoms with Gasteiger partial charge in [0.15, 0.2) is 17.0 Å². The molecule has 7 rings (SSSR count). The summed E-state index contributed by atoms with van der Waals surface area (Å²) in [5.41, 5.74) is 7.74. The fourth-order valence-corrected chi connectivity index (χ4v) is 6.59. The highest BCUT2D eigenvalue weighted by molar-refractivity contribution is 5.80. The van der Waals surface area contributed by atoms with Crippen molar-refractivity contribution in [2.45, 2.75) is 24.0 Å². The summed E-state index contributed by atoms with van der Waals surface area (Å²) in [6.45, 7) is 0.471. The average Bonchev–Trinajstić information content (AvgIpc) is 3.57. The van der Waals surface area contributed by atoms with Crippen LogP contribution < -0.4 is 16.0 Å². The Labute approximate surface area is 276 Å². The van der Waals surface area contributed by atoms with Crippen molar-refractivity contribution in [1.82, 2.24) is 24.4 Å². The zero-order chi connectivity index (χ0) is 33.1. The Morgan fingerprint density at radius 1 is 0.896 bits per heavy atom. The highest BCUT2D eigenvalue weighted by Gasteiger charge is 2.46. The molecule has 0 bridgehead atoms. The van der Waals surface area contributed by atoms with Gasteiger partial charge in [-0.1, -0.05) is 109 Å². The first kappa shape index (κ1) is 31.0. The largest absolute Gasteiger partial charge is 0.473 e. The molecule has 6 aromatic rings. The van der Waals surface area contributed by atoms with E-state index in [1.807, 2.05) is 60.7 Å². The Balaban J connectivity index is 1.36. The third-order valence-electron chi connectivity index (χ3n) is 8.67. The molecule has 0 spiro atoms. The zero-order valence-electron chi connectivity index (χ0n) is 25.9. The molecule has 0 radical (unpaired) electrons. The molecular weight excluding hydrogens is 608 g/mol. The normalized spacial score (nSPS) is 17.6. The van der Waals surface area contributed by atoms with Crippen LogP contribution in [0.1, 0.15) is 34.8 Å². The number of nitrogens with zero attached hydrogens (tertiary/aromatic N) is 4. The van der Waals surface area contributed by atoms with Gasteiger partial charge in [-0.05, 0) is 28.8 Å². The van der Waals surface area contributed by atoms with E-state index in [1.54, 1.807) is 28.8 Å². The van der Waals surface area contributed by atoms with E-state index >= 15 is 0 Å². The maximum Gasteiger partial charge on any atom is 0.279 e. The minimum Gasteiger partial charge on any atom is -0.473 e. The maximum absolute atomic E-state index is 13.3. The van der Waals surface area contributed by atoms with Crippen molar-refractivity contribution in [3.05, 3.63) is 161 Å². The molecule has 48 heavy (non-hydrogen) atoms. The highest BCUT2D eigenvalue weighted by Crippen LogP contribution is 2.44. The van der Waals surface area contributed by atoms with Gasteiger partial charge in [-0.2, -0.15) is 0 Å². The standard InChI is InChI=1S/C37H34N6O5/c38-33(45)32(48-28-19-11-4-12-20-28)34-40-35-31(36(46)41-34)39-24-43(35)30-22-42(21-29(23-44)47-30)37(25-13-5-1-6-14-25,26-15-7-2-8-16-26)27-17-9-3-10-18-27/h1-20,24,29-30,32,44H,21-23H2,(H2,38,45)(H,40,41,46)/t29-,30+,32?/m0/s1. The van der Waals surface area contributed by atoms with Gasteiger partial charge in [0.25, 0.3) is 11.5 Å². The number of amides is 1. The fourth-order valence-electron chi connectivity index (χ4n) is 6.59. The molecule has 11 nitrogen and oxygen atoms in total. The van der Waals surface area contributed by atoms with Crippen molar-refractivity contribution >= 4 is 17.1 Å². The number of aromatic amines is 1. The Hall–Kier alpha value is -5.62. The molecule has 2 aromatic heterocycles. The van der Waals surface area contributed by atoms with Gasteiger partial charge in [0.05, 0.1) is 24.6 Å². The lowest BCUT2D eigenvalue weighted by Crippen LogP contribution is -2.57. The second kappa shape index (κ2) is 13.2. The number of imidazole rings is 1. The van der Waals surface area contributed by atoms with E-state index in [2.05, 4.69) is 56.3 Å². The predicted molar refractivity (Wildman–Crippen MR) is 179 cm³/mol. The van der Waals surface area contributed by atoms with Crippen LogP contribution >= 0.6 is 0 Å². The molecule has 4 N–H and O–H groups in total. The van der Waals surface area contributed by atoms with Crippen LogP contribution in [0.5, 0.6) is 5.75 Å². The van der Waals surface area contributed by atoms with Crippen LogP contribution in [0.4, 0.5) is 0 Å². The number of hydrogen-bond acceptors (Lipinski definition) is 8. The molecular formula is C37H34N6O5. The highest BCUT2D eigenvalue weighted by atomic mass is 16.5. The van der Waals surface area contributed by atoms with Crippen molar-refractivity contribution in [1.29, 1.82) is 0 Å². The monoisotopic (exact) mass is 642 g/mol. The van der Waals surface area contributed by atoms with Crippen LogP contribution in [-0.4, -0.2) is 61.2 Å². The molecule has 0 aliphatic carbocycles. The summed E-state index contributed by atoms with van der Waals surface area (Å²) in [6, 6.07) is 39.4. The average molecular weight is 643 g/mol. The molecule has 4 aromatic carbocycles. The number of carbonyl (C=O) groups excluding carboxylic acids is 1. The minimum absolute atomic E-state index is 0.0587. The molecule has 11 heteroatoms. The molecule has 1 unspecified atom stereocenters. The quantitative estimate of drug-likeness (QED) is 0.191. The van der Waals surface area contributed by atoms with Crippen LogP contribution in [0.25, 0.3) is 11.2 Å². The smallest absolute Gasteiger partial charge is 0.279 e. The number of aliphatic hydroxyl groups is 1. The van der Waals surface area contributed by atoms with Gasteiger partial charge in [-0.3, -0.25) is 19.1 Å². The van der Waals surface area contributed by atoms with E-state index in [-0.39, 0.29) is 23.6 Å². The third kappa shape index (κ3) is 5.64. The number of primary amides is 1. The lowest BCUT2D eigenvalue weighted by Gasteiger charge is -2.50. The molecule has 1 fully saturated rings. The maximum atomic E-state index is 13.3. The van der Waals surface area contributed by atoms with Gasteiger partial charge in [-0.15, -0.1) is 0 Å². The molecule has 0 saturated carbocycles. The SMILES string of the molecule is NC(=O)C(Oc1ccccc1)c1nc2c(ncn2[C@H]2CN(C(c3ccccc3)(c3ccccc3)c3ccccc3)C[C@@H](CO)O2)c(=O)[nH]1. The van der Waals surface area contributed by atoms with E-state index in [0.717, 1.165) is 16.7 Å². The number of ether oxygens (including phenoxy) is 2. The Morgan fingerprint density at radius 3 is 1.96 bits per heavy atom. The van der Waals surface area contributed by atoms with Gasteiger partial charge in [0.1, 0.15) is 12.0 Å². The van der Waals surface area contributed by atoms with Crippen molar-refractivity contribution in [3.8, 4) is 5.75 Å². The topological polar surface area (TPSA) is 149 Å². The number of hydrogen-bond donors (Lipinski definition) is 3. The first-order chi connectivity index (χ1) is 23.5. The van der Waals surface area contributed by atoms with Crippen LogP contribution in [0.3, 0.4) is 0 Å². The first-order valence-electron chi connectivity index (χ1n) is 15.6. The van der Waals surface area contributed by atoms with Crippen LogP contribution in [-0.2, 0) is 15.1 Å². The van der Waals surface area contributed by atoms with Gasteiger partial charge < -0.3 is 25.3 Å². The fraction of sp³-hybridized carbons (Fsp3) is 0.189. The number of carbonyl (C=O) groups is 1. The van der Waals surface area contributed by atoms with Crippen LogP contribution in [0.15, 0.2) is 132 Å². The number of para-hydroxylation sites is 1. The second-order valence-electron chi connectivity index (χ2n) is 11.6. The Kier molecular flexibility index (Phi) is 8.55. The molecule has 1 saturated heterocycles. The Bertz CT molecular complexity index is 1960.